The summed E-state index contributed by atoms with van der Waals surface area (Å²) in [5.74, 6) is 0.259. The van der Waals surface area contributed by atoms with Crippen LogP contribution in [0.1, 0.15) is 24.8 Å². The highest BCUT2D eigenvalue weighted by Crippen LogP contribution is 2.28. The molecule has 2 heterocycles. The van der Waals surface area contributed by atoms with Crippen molar-refractivity contribution in [3.8, 4) is 0 Å². The number of hydrogen-bond acceptors (Lipinski definition) is 4. The molecule has 5 nitrogen and oxygen atoms in total. The van der Waals surface area contributed by atoms with E-state index < -0.39 is 0 Å². The minimum Gasteiger partial charge on any atom is -0.377 e. The van der Waals surface area contributed by atoms with Gasteiger partial charge in [-0.2, -0.15) is 0 Å². The molecule has 3 rings (SSSR count). The van der Waals surface area contributed by atoms with E-state index in [2.05, 4.69) is 42.1 Å². The van der Waals surface area contributed by atoms with Gasteiger partial charge >= 0.3 is 0 Å². The second-order valence-electron chi connectivity index (χ2n) is 7.39. The third kappa shape index (κ3) is 5.03. The van der Waals surface area contributed by atoms with E-state index >= 15 is 0 Å². The number of hydrogen-bond donors (Lipinski definition) is 0. The average molecular weight is 345 g/mol. The molecule has 0 aromatic heterocycles. The second-order valence-corrected chi connectivity index (χ2v) is 7.39. The van der Waals surface area contributed by atoms with Crippen LogP contribution in [0, 0.1) is 0 Å². The van der Waals surface area contributed by atoms with Gasteiger partial charge in [0, 0.05) is 44.8 Å². The zero-order valence-corrected chi connectivity index (χ0v) is 15.6. The van der Waals surface area contributed by atoms with Crippen molar-refractivity contribution in [3.63, 3.8) is 0 Å². The van der Waals surface area contributed by atoms with Crippen molar-refractivity contribution in [2.75, 3.05) is 58.3 Å². The number of amides is 1. The predicted molar refractivity (Wildman–Crippen MR) is 101 cm³/mol. The summed E-state index contributed by atoms with van der Waals surface area (Å²) in [5.41, 5.74) is 2.41. The van der Waals surface area contributed by atoms with Crippen LogP contribution in [0.3, 0.4) is 0 Å². The molecule has 2 aliphatic rings. The second kappa shape index (κ2) is 8.79. The summed E-state index contributed by atoms with van der Waals surface area (Å²) < 4.78 is 5.94. The number of likely N-dealkylation sites (tertiary alicyclic amines) is 1. The van der Waals surface area contributed by atoms with Gasteiger partial charge in [0.15, 0.2) is 0 Å². The molecule has 0 saturated carbocycles. The van der Waals surface area contributed by atoms with Gasteiger partial charge in [-0.3, -0.25) is 4.79 Å². The number of piperidine rings is 1. The van der Waals surface area contributed by atoms with E-state index in [0.717, 1.165) is 64.3 Å². The van der Waals surface area contributed by atoms with E-state index in [1.165, 1.54) is 5.56 Å². The van der Waals surface area contributed by atoms with E-state index in [1.807, 2.05) is 11.0 Å². The molecule has 1 amide bonds. The van der Waals surface area contributed by atoms with Gasteiger partial charge < -0.3 is 19.4 Å². The highest BCUT2D eigenvalue weighted by molar-refractivity contribution is 5.95. The summed E-state index contributed by atoms with van der Waals surface area (Å²) in [4.78, 5) is 19.1. The third-order valence-corrected chi connectivity index (χ3v) is 5.26. The molecule has 25 heavy (non-hydrogen) atoms. The zero-order valence-electron chi connectivity index (χ0n) is 15.6. The van der Waals surface area contributed by atoms with Gasteiger partial charge in [-0.15, -0.1) is 0 Å². The van der Waals surface area contributed by atoms with E-state index in [4.69, 9.17) is 4.74 Å². The Hall–Kier alpha value is -1.43. The highest BCUT2D eigenvalue weighted by Gasteiger charge is 2.25. The van der Waals surface area contributed by atoms with Crippen LogP contribution < -0.4 is 4.90 Å². The maximum Gasteiger partial charge on any atom is 0.228 e. The smallest absolute Gasteiger partial charge is 0.228 e. The van der Waals surface area contributed by atoms with Crippen LogP contribution in [0.25, 0.3) is 0 Å². The molecule has 0 unspecified atom stereocenters. The first-order valence-electron chi connectivity index (χ1n) is 9.50. The first-order valence-corrected chi connectivity index (χ1v) is 9.50. The Morgan fingerprint density at radius 3 is 2.72 bits per heavy atom. The summed E-state index contributed by atoms with van der Waals surface area (Å²) in [7, 11) is 4.14. The molecule has 0 radical (unpaired) electrons. The number of fused-ring (bicyclic) bond motifs is 1. The molecule has 1 aromatic rings. The maximum absolute atomic E-state index is 12.6. The van der Waals surface area contributed by atoms with Crippen LogP contribution >= 0.6 is 0 Å². The number of carbonyl (C=O) groups is 1. The first kappa shape index (κ1) is 18.4. The molecule has 5 heteroatoms. The van der Waals surface area contributed by atoms with Crippen LogP contribution in [0.2, 0.25) is 0 Å². The Labute approximate surface area is 151 Å². The normalized spacial score (nSPS) is 18.8. The van der Waals surface area contributed by atoms with Gasteiger partial charge in [-0.05, 0) is 45.0 Å². The molecule has 0 N–H and O–H groups in total. The van der Waals surface area contributed by atoms with Crippen LogP contribution in [-0.4, -0.2) is 75.2 Å². The van der Waals surface area contributed by atoms with Crippen molar-refractivity contribution in [2.24, 2.45) is 0 Å². The number of benzene rings is 1. The SMILES string of the molecule is CN(C)CCOC1CCN(CCC(=O)N2CCc3ccccc32)CC1. The fourth-order valence-corrected chi connectivity index (χ4v) is 3.69. The van der Waals surface area contributed by atoms with Gasteiger partial charge in [0.1, 0.15) is 0 Å². The molecule has 0 spiro atoms. The summed E-state index contributed by atoms with van der Waals surface area (Å²) in [6.45, 7) is 5.56. The van der Waals surface area contributed by atoms with E-state index in [9.17, 15) is 4.79 Å². The number of para-hydroxylation sites is 1. The van der Waals surface area contributed by atoms with Crippen molar-refractivity contribution in [1.82, 2.24) is 9.80 Å². The van der Waals surface area contributed by atoms with Gasteiger partial charge in [-0.25, -0.2) is 0 Å². The Morgan fingerprint density at radius 1 is 1.20 bits per heavy atom. The fourth-order valence-electron chi connectivity index (χ4n) is 3.69. The highest BCUT2D eigenvalue weighted by atomic mass is 16.5. The molecule has 0 aliphatic carbocycles. The predicted octanol–water partition coefficient (Wildman–Crippen LogP) is 2.01. The topological polar surface area (TPSA) is 36.0 Å². The molecule has 1 saturated heterocycles. The van der Waals surface area contributed by atoms with Crippen molar-refractivity contribution in [1.29, 1.82) is 0 Å². The van der Waals surface area contributed by atoms with E-state index in [-0.39, 0.29) is 5.91 Å². The largest absolute Gasteiger partial charge is 0.377 e. The lowest BCUT2D eigenvalue weighted by molar-refractivity contribution is -0.119. The Kier molecular flexibility index (Phi) is 6.45. The van der Waals surface area contributed by atoms with Gasteiger partial charge in [0.2, 0.25) is 5.91 Å². The molecule has 2 aliphatic heterocycles. The number of anilines is 1. The number of carbonyl (C=O) groups excluding carboxylic acids is 1. The van der Waals surface area contributed by atoms with Crippen LogP contribution in [0.5, 0.6) is 0 Å². The molecular formula is C20H31N3O2. The van der Waals surface area contributed by atoms with Crippen molar-refractivity contribution >= 4 is 11.6 Å². The molecule has 0 atom stereocenters. The minimum absolute atomic E-state index is 0.259. The van der Waals surface area contributed by atoms with Gasteiger partial charge in [0.05, 0.1) is 12.7 Å². The molecule has 138 valence electrons. The number of nitrogens with zero attached hydrogens (tertiary/aromatic N) is 3. The minimum atomic E-state index is 0.259. The van der Waals surface area contributed by atoms with Crippen LogP contribution in [-0.2, 0) is 16.0 Å². The first-order chi connectivity index (χ1) is 12.1. The van der Waals surface area contributed by atoms with Crippen LogP contribution in [0.4, 0.5) is 5.69 Å². The Balaban J connectivity index is 1.37. The lowest BCUT2D eigenvalue weighted by Gasteiger charge is -2.32. The van der Waals surface area contributed by atoms with Crippen LogP contribution in [0.15, 0.2) is 24.3 Å². The van der Waals surface area contributed by atoms with Crippen molar-refractivity contribution in [3.05, 3.63) is 29.8 Å². The van der Waals surface area contributed by atoms with Gasteiger partial charge in [0.25, 0.3) is 0 Å². The third-order valence-electron chi connectivity index (χ3n) is 5.26. The molecule has 1 aromatic carbocycles. The standard InChI is InChI=1S/C20H31N3O2/c1-21(2)15-16-25-18-8-11-22(12-9-18)13-10-20(24)23-14-7-17-5-3-4-6-19(17)23/h3-6,18H,7-16H2,1-2H3. The summed E-state index contributed by atoms with van der Waals surface area (Å²) >= 11 is 0. The maximum atomic E-state index is 12.6. The number of ether oxygens (including phenoxy) is 1. The lowest BCUT2D eigenvalue weighted by atomic mass is 10.1. The summed E-state index contributed by atoms with van der Waals surface area (Å²) in [6.07, 6.45) is 4.14. The summed E-state index contributed by atoms with van der Waals surface area (Å²) in [5, 5.41) is 0. The number of rotatable bonds is 7. The average Bonchev–Trinajstić information content (AvgIpc) is 3.05. The van der Waals surface area contributed by atoms with E-state index in [1.54, 1.807) is 0 Å². The number of likely N-dealkylation sites (N-methyl/N-ethyl adjacent to an activating group) is 1. The quantitative estimate of drug-likeness (QED) is 0.757. The summed E-state index contributed by atoms with van der Waals surface area (Å²) in [6, 6.07) is 8.27. The monoisotopic (exact) mass is 345 g/mol. The van der Waals surface area contributed by atoms with E-state index in [0.29, 0.717) is 12.5 Å². The zero-order chi connectivity index (χ0) is 17.6. The Bertz CT molecular complexity index is 568. The molecule has 1 fully saturated rings. The fraction of sp³-hybridized carbons (Fsp3) is 0.650. The lowest BCUT2D eigenvalue weighted by Crippen LogP contribution is -2.40. The van der Waals surface area contributed by atoms with Crippen molar-refractivity contribution < 1.29 is 9.53 Å². The molecular weight excluding hydrogens is 314 g/mol. The molecule has 0 bridgehead atoms. The Morgan fingerprint density at radius 2 is 1.96 bits per heavy atom. The van der Waals surface area contributed by atoms with Gasteiger partial charge in [-0.1, -0.05) is 18.2 Å². The van der Waals surface area contributed by atoms with Crippen molar-refractivity contribution in [2.45, 2.75) is 31.8 Å².